The number of benzene rings is 1. The molecule has 1 aliphatic rings. The van der Waals surface area contributed by atoms with Crippen LogP contribution < -0.4 is 0 Å². The molecule has 32 heavy (non-hydrogen) atoms. The smallest absolute Gasteiger partial charge is 0.416 e. The van der Waals surface area contributed by atoms with Gasteiger partial charge in [-0.3, -0.25) is 14.4 Å². The molecule has 0 saturated carbocycles. The van der Waals surface area contributed by atoms with E-state index in [2.05, 4.69) is 0 Å². The standard InChI is InChI=1S/C23H31F3N2O4/c1-5-32-19(29)15-28(14-16-6-8-18(9-7-16)23(24,25)26)20(30)17-10-12-27(13-11-17)21(31)22(2,3)4/h6-9,17H,5,10-15H2,1-4H3. The topological polar surface area (TPSA) is 66.9 Å². The molecule has 2 amide bonds. The van der Waals surface area contributed by atoms with E-state index >= 15 is 0 Å². The van der Waals surface area contributed by atoms with Crippen molar-refractivity contribution in [1.82, 2.24) is 9.80 Å². The Kier molecular flexibility index (Phi) is 8.31. The quantitative estimate of drug-likeness (QED) is 0.610. The van der Waals surface area contributed by atoms with Gasteiger partial charge in [-0.05, 0) is 37.5 Å². The number of carbonyl (C=O) groups excluding carboxylic acids is 3. The Hall–Kier alpha value is -2.58. The Morgan fingerprint density at radius 3 is 2.09 bits per heavy atom. The van der Waals surface area contributed by atoms with Gasteiger partial charge in [0.1, 0.15) is 6.54 Å². The van der Waals surface area contributed by atoms with Crippen LogP contribution in [0, 0.1) is 11.3 Å². The number of hydrogen-bond acceptors (Lipinski definition) is 4. The molecule has 1 fully saturated rings. The summed E-state index contributed by atoms with van der Waals surface area (Å²) in [7, 11) is 0. The fraction of sp³-hybridized carbons (Fsp3) is 0.609. The van der Waals surface area contributed by atoms with Crippen molar-refractivity contribution < 1.29 is 32.3 Å². The molecule has 1 saturated heterocycles. The molecular formula is C23H31F3N2O4. The SMILES string of the molecule is CCOC(=O)CN(Cc1ccc(C(F)(F)F)cc1)C(=O)C1CCN(C(=O)C(C)(C)C)CC1. The zero-order valence-electron chi connectivity index (χ0n) is 19.0. The normalized spacial score (nSPS) is 15.4. The number of esters is 1. The van der Waals surface area contributed by atoms with Gasteiger partial charge in [0.25, 0.3) is 0 Å². The van der Waals surface area contributed by atoms with Crippen LogP contribution in [-0.2, 0) is 31.8 Å². The van der Waals surface area contributed by atoms with Crippen molar-refractivity contribution in [3.8, 4) is 0 Å². The minimum absolute atomic E-state index is 0.00305. The molecule has 9 heteroatoms. The molecule has 0 N–H and O–H groups in total. The summed E-state index contributed by atoms with van der Waals surface area (Å²) >= 11 is 0. The Labute approximate surface area is 186 Å². The maximum Gasteiger partial charge on any atom is 0.416 e. The van der Waals surface area contributed by atoms with Gasteiger partial charge in [0, 0.05) is 31.0 Å². The second-order valence-corrected chi connectivity index (χ2v) is 9.01. The summed E-state index contributed by atoms with van der Waals surface area (Å²) < 4.78 is 43.4. The van der Waals surface area contributed by atoms with Gasteiger partial charge in [-0.1, -0.05) is 32.9 Å². The third-order valence-electron chi connectivity index (χ3n) is 5.36. The number of carbonyl (C=O) groups is 3. The number of piperidine rings is 1. The highest BCUT2D eigenvalue weighted by Crippen LogP contribution is 2.30. The predicted molar refractivity (Wildman–Crippen MR) is 112 cm³/mol. The molecule has 1 aromatic carbocycles. The molecule has 1 heterocycles. The average Bonchev–Trinajstić information content (AvgIpc) is 2.71. The minimum atomic E-state index is -4.45. The molecular weight excluding hydrogens is 425 g/mol. The first-order valence-corrected chi connectivity index (χ1v) is 10.7. The molecule has 178 valence electrons. The van der Waals surface area contributed by atoms with Gasteiger partial charge >= 0.3 is 12.1 Å². The summed E-state index contributed by atoms with van der Waals surface area (Å²) in [6.45, 7) is 7.95. The van der Waals surface area contributed by atoms with Crippen LogP contribution in [0.2, 0.25) is 0 Å². The van der Waals surface area contributed by atoms with Crippen LogP contribution in [0.4, 0.5) is 13.2 Å². The number of rotatable bonds is 6. The molecule has 2 rings (SSSR count). The first kappa shape index (κ1) is 25.7. The van der Waals surface area contributed by atoms with Crippen molar-refractivity contribution in [2.75, 3.05) is 26.2 Å². The monoisotopic (exact) mass is 456 g/mol. The molecule has 0 aromatic heterocycles. The summed E-state index contributed by atoms with van der Waals surface area (Å²) in [4.78, 5) is 40.8. The Bertz CT molecular complexity index is 808. The molecule has 6 nitrogen and oxygen atoms in total. The van der Waals surface area contributed by atoms with Crippen LogP contribution in [0.3, 0.4) is 0 Å². The van der Waals surface area contributed by atoms with Crippen LogP contribution in [0.25, 0.3) is 0 Å². The second-order valence-electron chi connectivity index (χ2n) is 9.01. The second kappa shape index (κ2) is 10.4. The lowest BCUT2D eigenvalue weighted by Crippen LogP contribution is -2.48. The van der Waals surface area contributed by atoms with Crippen molar-refractivity contribution in [2.45, 2.75) is 53.3 Å². The van der Waals surface area contributed by atoms with Crippen LogP contribution in [0.1, 0.15) is 51.7 Å². The molecule has 0 aliphatic carbocycles. The number of halogens is 3. The van der Waals surface area contributed by atoms with Crippen LogP contribution >= 0.6 is 0 Å². The number of likely N-dealkylation sites (tertiary alicyclic amines) is 1. The van der Waals surface area contributed by atoms with E-state index in [-0.39, 0.29) is 37.4 Å². The molecule has 0 spiro atoms. The van der Waals surface area contributed by atoms with Gasteiger partial charge in [0.2, 0.25) is 11.8 Å². The van der Waals surface area contributed by atoms with Gasteiger partial charge in [0.05, 0.1) is 12.2 Å². The van der Waals surface area contributed by atoms with Crippen LogP contribution in [0.15, 0.2) is 24.3 Å². The highest BCUT2D eigenvalue weighted by molar-refractivity contribution is 5.85. The first-order chi connectivity index (χ1) is 14.8. The van der Waals surface area contributed by atoms with Gasteiger partial charge in [-0.2, -0.15) is 13.2 Å². The fourth-order valence-corrected chi connectivity index (χ4v) is 3.66. The Morgan fingerprint density at radius 2 is 1.62 bits per heavy atom. The van der Waals surface area contributed by atoms with Crippen molar-refractivity contribution in [1.29, 1.82) is 0 Å². The van der Waals surface area contributed by atoms with Gasteiger partial charge in [0.15, 0.2) is 0 Å². The van der Waals surface area contributed by atoms with Crippen molar-refractivity contribution in [3.05, 3.63) is 35.4 Å². The van der Waals surface area contributed by atoms with E-state index in [1.165, 1.54) is 17.0 Å². The lowest BCUT2D eigenvalue weighted by Gasteiger charge is -2.36. The van der Waals surface area contributed by atoms with Crippen LogP contribution in [0.5, 0.6) is 0 Å². The third-order valence-corrected chi connectivity index (χ3v) is 5.36. The molecule has 0 atom stereocenters. The van der Waals surface area contributed by atoms with E-state index in [4.69, 9.17) is 4.74 Å². The number of hydrogen-bond donors (Lipinski definition) is 0. The average molecular weight is 457 g/mol. The predicted octanol–water partition coefficient (Wildman–Crippen LogP) is 3.88. The third kappa shape index (κ3) is 6.97. The number of nitrogens with zero attached hydrogens (tertiary/aromatic N) is 2. The lowest BCUT2D eigenvalue weighted by atomic mass is 9.90. The zero-order chi connectivity index (χ0) is 24.1. The highest BCUT2D eigenvalue weighted by Gasteiger charge is 2.35. The van der Waals surface area contributed by atoms with E-state index in [0.29, 0.717) is 31.5 Å². The van der Waals surface area contributed by atoms with E-state index in [1.54, 1.807) is 11.8 Å². The number of ether oxygens (including phenoxy) is 1. The number of amides is 2. The summed E-state index contributed by atoms with van der Waals surface area (Å²) in [6, 6.07) is 4.52. The minimum Gasteiger partial charge on any atom is -0.465 e. The molecule has 0 unspecified atom stereocenters. The van der Waals surface area contributed by atoms with Crippen LogP contribution in [-0.4, -0.2) is 53.8 Å². The van der Waals surface area contributed by atoms with E-state index in [9.17, 15) is 27.6 Å². The molecule has 0 radical (unpaired) electrons. The highest BCUT2D eigenvalue weighted by atomic mass is 19.4. The zero-order valence-corrected chi connectivity index (χ0v) is 19.0. The largest absolute Gasteiger partial charge is 0.465 e. The Balaban J connectivity index is 2.10. The first-order valence-electron chi connectivity index (χ1n) is 10.7. The van der Waals surface area contributed by atoms with Crippen molar-refractivity contribution in [3.63, 3.8) is 0 Å². The van der Waals surface area contributed by atoms with E-state index < -0.39 is 23.1 Å². The summed E-state index contributed by atoms with van der Waals surface area (Å²) in [6.07, 6.45) is -3.52. The lowest BCUT2D eigenvalue weighted by molar-refractivity contribution is -0.152. The van der Waals surface area contributed by atoms with Gasteiger partial charge in [-0.25, -0.2) is 0 Å². The Morgan fingerprint density at radius 1 is 1.06 bits per heavy atom. The van der Waals surface area contributed by atoms with E-state index in [0.717, 1.165) is 12.1 Å². The fourth-order valence-electron chi connectivity index (χ4n) is 3.66. The van der Waals surface area contributed by atoms with Gasteiger partial charge < -0.3 is 14.5 Å². The molecule has 1 aromatic rings. The number of alkyl halides is 3. The summed E-state index contributed by atoms with van der Waals surface area (Å²) in [5.74, 6) is -1.19. The van der Waals surface area contributed by atoms with E-state index in [1.807, 2.05) is 20.8 Å². The maximum absolute atomic E-state index is 13.2. The summed E-state index contributed by atoms with van der Waals surface area (Å²) in [5, 5.41) is 0. The summed E-state index contributed by atoms with van der Waals surface area (Å²) in [5.41, 5.74) is -0.800. The molecule has 0 bridgehead atoms. The van der Waals surface area contributed by atoms with Crippen molar-refractivity contribution in [2.24, 2.45) is 11.3 Å². The maximum atomic E-state index is 13.2. The molecule has 1 aliphatic heterocycles. The van der Waals surface area contributed by atoms with Gasteiger partial charge in [-0.15, -0.1) is 0 Å². The van der Waals surface area contributed by atoms with Crippen molar-refractivity contribution >= 4 is 17.8 Å².